The molecular weight excluding hydrogens is 272 g/mol. The highest BCUT2D eigenvalue weighted by atomic mass is 35.5. The van der Waals surface area contributed by atoms with E-state index in [0.717, 1.165) is 0 Å². The fourth-order valence-electron chi connectivity index (χ4n) is 1.39. The Morgan fingerprint density at radius 3 is 2.63 bits per heavy atom. The van der Waals surface area contributed by atoms with Gasteiger partial charge in [0.05, 0.1) is 17.3 Å². The van der Waals surface area contributed by atoms with Crippen molar-refractivity contribution in [3.63, 3.8) is 0 Å². The van der Waals surface area contributed by atoms with Gasteiger partial charge in [-0.2, -0.15) is 0 Å². The Bertz CT molecular complexity index is 630. The monoisotopic (exact) mass is 278 g/mol. The molecule has 19 heavy (non-hydrogen) atoms. The van der Waals surface area contributed by atoms with Crippen molar-refractivity contribution in [2.24, 2.45) is 0 Å². The number of amides is 1. The first-order chi connectivity index (χ1) is 9.08. The number of nitro benzene ring substituents is 1. The molecule has 0 saturated carbocycles. The average Bonchev–Trinajstić information content (AvgIpc) is 2.41. The lowest BCUT2D eigenvalue weighted by molar-refractivity contribution is -0.385. The fraction of sp³-hybridized carbons (Fsp3) is 0. The maximum absolute atomic E-state index is 11.9. The Kier molecular flexibility index (Phi) is 3.67. The van der Waals surface area contributed by atoms with E-state index in [0.29, 0.717) is 0 Å². The Hall–Kier alpha value is -2.54. The molecule has 0 atom stereocenters. The molecule has 1 N–H and O–H groups in total. The molecule has 1 aromatic carbocycles. The number of carbonyl (C=O) groups excluding carboxylic acids is 1. The summed E-state index contributed by atoms with van der Waals surface area (Å²) < 4.78 is 0. The fourth-order valence-corrected chi connectivity index (χ4v) is 1.48. The van der Waals surface area contributed by atoms with Gasteiger partial charge in [-0.3, -0.25) is 14.9 Å². The van der Waals surface area contributed by atoms with Crippen LogP contribution in [0.3, 0.4) is 0 Å². The zero-order valence-corrected chi connectivity index (χ0v) is 10.2. The van der Waals surface area contributed by atoms with Crippen molar-refractivity contribution in [1.82, 2.24) is 9.97 Å². The van der Waals surface area contributed by atoms with Crippen molar-refractivity contribution in [3.05, 3.63) is 57.5 Å². The van der Waals surface area contributed by atoms with Crippen LogP contribution in [0.5, 0.6) is 0 Å². The van der Waals surface area contributed by atoms with E-state index in [2.05, 4.69) is 15.3 Å². The molecular formula is C11H7ClN4O3. The third-order valence-corrected chi connectivity index (χ3v) is 2.40. The Balaban J connectivity index is 2.25. The minimum Gasteiger partial charge on any atom is -0.305 e. The van der Waals surface area contributed by atoms with Gasteiger partial charge in [0.25, 0.3) is 11.6 Å². The summed E-state index contributed by atoms with van der Waals surface area (Å²) in [7, 11) is 0. The third kappa shape index (κ3) is 3.02. The van der Waals surface area contributed by atoms with Crippen molar-refractivity contribution >= 4 is 29.0 Å². The Morgan fingerprint density at radius 1 is 1.26 bits per heavy atom. The highest BCUT2D eigenvalue weighted by Gasteiger charge is 2.19. The van der Waals surface area contributed by atoms with Crippen LogP contribution in [0, 0.1) is 10.1 Å². The molecule has 2 rings (SSSR count). The Labute approximate surface area is 112 Å². The molecule has 0 aliphatic rings. The van der Waals surface area contributed by atoms with E-state index in [1.54, 1.807) is 0 Å². The largest absolute Gasteiger partial charge is 0.305 e. The first-order valence-electron chi connectivity index (χ1n) is 5.10. The second kappa shape index (κ2) is 5.40. The summed E-state index contributed by atoms with van der Waals surface area (Å²) >= 11 is 5.56. The lowest BCUT2D eigenvalue weighted by atomic mass is 10.1. The van der Waals surface area contributed by atoms with Gasteiger partial charge in [-0.25, -0.2) is 9.97 Å². The van der Waals surface area contributed by atoms with Crippen molar-refractivity contribution < 1.29 is 9.72 Å². The quantitative estimate of drug-likeness (QED) is 0.686. The smallest absolute Gasteiger partial charge is 0.282 e. The maximum Gasteiger partial charge on any atom is 0.282 e. The maximum atomic E-state index is 11.9. The van der Waals surface area contributed by atoms with Gasteiger partial charge in [-0.05, 0) is 6.07 Å². The molecule has 0 fully saturated rings. The Morgan fingerprint density at radius 2 is 2.00 bits per heavy atom. The van der Waals surface area contributed by atoms with Crippen LogP contribution in [0.15, 0.2) is 36.7 Å². The van der Waals surface area contributed by atoms with E-state index in [1.165, 1.54) is 36.7 Å². The third-order valence-electron chi connectivity index (χ3n) is 2.21. The highest BCUT2D eigenvalue weighted by molar-refractivity contribution is 6.29. The first-order valence-corrected chi connectivity index (χ1v) is 5.48. The second-order valence-electron chi connectivity index (χ2n) is 3.45. The van der Waals surface area contributed by atoms with Crippen molar-refractivity contribution in [3.8, 4) is 0 Å². The molecule has 0 radical (unpaired) electrons. The number of hydrogen-bond acceptors (Lipinski definition) is 5. The number of nitrogens with zero attached hydrogens (tertiary/aromatic N) is 3. The zero-order chi connectivity index (χ0) is 13.8. The summed E-state index contributed by atoms with van der Waals surface area (Å²) in [6.07, 6.45) is 2.52. The summed E-state index contributed by atoms with van der Waals surface area (Å²) in [6.45, 7) is 0. The van der Waals surface area contributed by atoms with Crippen LogP contribution < -0.4 is 5.32 Å². The van der Waals surface area contributed by atoms with Crippen molar-refractivity contribution in [2.75, 3.05) is 5.32 Å². The number of aromatic nitrogens is 2. The lowest BCUT2D eigenvalue weighted by Crippen LogP contribution is -2.14. The van der Waals surface area contributed by atoms with Gasteiger partial charge in [0.15, 0.2) is 5.82 Å². The molecule has 1 aromatic heterocycles. The van der Waals surface area contributed by atoms with Crippen molar-refractivity contribution in [2.45, 2.75) is 0 Å². The summed E-state index contributed by atoms with van der Waals surface area (Å²) in [6, 6.07) is 5.63. The van der Waals surface area contributed by atoms with Crippen LogP contribution >= 0.6 is 11.6 Å². The topological polar surface area (TPSA) is 98.0 Å². The van der Waals surface area contributed by atoms with Gasteiger partial charge in [0, 0.05) is 6.07 Å². The molecule has 0 spiro atoms. The van der Waals surface area contributed by atoms with Gasteiger partial charge in [0.2, 0.25) is 0 Å². The number of anilines is 1. The molecule has 0 saturated heterocycles. The lowest BCUT2D eigenvalue weighted by Gasteiger charge is -2.04. The van der Waals surface area contributed by atoms with Crippen LogP contribution in [0.25, 0.3) is 0 Å². The van der Waals surface area contributed by atoms with Gasteiger partial charge >= 0.3 is 0 Å². The molecule has 1 amide bonds. The SMILES string of the molecule is O=C(Nc1cnc(Cl)cn1)c1ccccc1[N+](=O)[O-]. The van der Waals surface area contributed by atoms with E-state index in [9.17, 15) is 14.9 Å². The van der Waals surface area contributed by atoms with E-state index in [-0.39, 0.29) is 22.2 Å². The molecule has 8 heteroatoms. The molecule has 96 valence electrons. The molecule has 0 bridgehead atoms. The number of benzene rings is 1. The number of nitro groups is 1. The molecule has 2 aromatic rings. The van der Waals surface area contributed by atoms with Gasteiger partial charge < -0.3 is 5.32 Å². The van der Waals surface area contributed by atoms with Gasteiger partial charge in [0.1, 0.15) is 10.7 Å². The number of para-hydroxylation sites is 1. The average molecular weight is 279 g/mol. The molecule has 1 heterocycles. The standard InChI is InChI=1S/C11H7ClN4O3/c12-9-5-14-10(6-13-9)15-11(17)7-3-1-2-4-8(7)16(18)19/h1-6H,(H,14,15,17). The summed E-state index contributed by atoms with van der Waals surface area (Å²) in [5, 5.41) is 13.4. The normalized spacial score (nSPS) is 9.95. The predicted molar refractivity (Wildman–Crippen MR) is 68.1 cm³/mol. The number of halogens is 1. The number of nitrogens with one attached hydrogen (secondary N) is 1. The number of rotatable bonds is 3. The minimum atomic E-state index is -0.635. The number of hydrogen-bond donors (Lipinski definition) is 1. The molecule has 7 nitrogen and oxygen atoms in total. The van der Waals surface area contributed by atoms with Gasteiger partial charge in [-0.1, -0.05) is 23.7 Å². The molecule has 0 unspecified atom stereocenters. The van der Waals surface area contributed by atoms with Crippen molar-refractivity contribution in [1.29, 1.82) is 0 Å². The van der Waals surface area contributed by atoms with E-state index in [1.807, 2.05) is 0 Å². The second-order valence-corrected chi connectivity index (χ2v) is 3.84. The number of carbonyl (C=O) groups is 1. The van der Waals surface area contributed by atoms with Crippen LogP contribution in [0.2, 0.25) is 5.15 Å². The predicted octanol–water partition coefficient (Wildman–Crippen LogP) is 2.29. The minimum absolute atomic E-state index is 0.0516. The van der Waals surface area contributed by atoms with E-state index >= 15 is 0 Å². The molecule has 0 aliphatic carbocycles. The van der Waals surface area contributed by atoms with E-state index in [4.69, 9.17) is 11.6 Å². The van der Waals surface area contributed by atoms with Gasteiger partial charge in [-0.15, -0.1) is 0 Å². The zero-order valence-electron chi connectivity index (χ0n) is 9.41. The van der Waals surface area contributed by atoms with Crippen LogP contribution in [-0.4, -0.2) is 20.8 Å². The first kappa shape index (κ1) is 12.9. The van der Waals surface area contributed by atoms with Crippen LogP contribution in [0.1, 0.15) is 10.4 Å². The van der Waals surface area contributed by atoms with Crippen LogP contribution in [-0.2, 0) is 0 Å². The summed E-state index contributed by atoms with van der Waals surface area (Å²) in [5.41, 5.74) is -0.328. The summed E-state index contributed by atoms with van der Waals surface area (Å²) in [5.74, 6) is -0.475. The summed E-state index contributed by atoms with van der Waals surface area (Å²) in [4.78, 5) is 29.6. The van der Waals surface area contributed by atoms with Crippen LogP contribution in [0.4, 0.5) is 11.5 Å². The highest BCUT2D eigenvalue weighted by Crippen LogP contribution is 2.18. The van der Waals surface area contributed by atoms with E-state index < -0.39 is 10.8 Å². The molecule has 0 aliphatic heterocycles.